The molecule has 1 amide bonds. The Bertz CT molecular complexity index is 1550. The Morgan fingerprint density at radius 1 is 0.953 bits per heavy atom. The van der Waals surface area contributed by atoms with Gasteiger partial charge >= 0.3 is 12.1 Å². The van der Waals surface area contributed by atoms with E-state index >= 15 is 0 Å². The lowest BCUT2D eigenvalue weighted by Crippen LogP contribution is -2.42. The van der Waals surface area contributed by atoms with E-state index in [1.807, 2.05) is 43.5 Å². The average Bonchev–Trinajstić information content (AvgIpc) is 3.47. The van der Waals surface area contributed by atoms with Gasteiger partial charge in [-0.15, -0.1) is 0 Å². The van der Waals surface area contributed by atoms with Gasteiger partial charge in [-0.05, 0) is 84.0 Å². The van der Waals surface area contributed by atoms with E-state index in [0.717, 1.165) is 28.8 Å². The number of carbonyl (C=O) groups is 2. The molecule has 10 heteroatoms. The second-order valence-corrected chi connectivity index (χ2v) is 10.8. The van der Waals surface area contributed by atoms with Crippen LogP contribution in [0.25, 0.3) is 22.5 Å². The number of esters is 1. The van der Waals surface area contributed by atoms with Crippen molar-refractivity contribution in [2.45, 2.75) is 38.8 Å². The summed E-state index contributed by atoms with van der Waals surface area (Å²) in [6, 6.07) is 20.5. The minimum atomic E-state index is -4.40. The molecule has 1 unspecified atom stereocenters. The van der Waals surface area contributed by atoms with Crippen LogP contribution in [0.1, 0.15) is 39.2 Å². The maximum absolute atomic E-state index is 13.4. The zero-order chi connectivity index (χ0) is 31.0. The summed E-state index contributed by atoms with van der Waals surface area (Å²) in [5.41, 5.74) is 3.60. The van der Waals surface area contributed by atoms with Crippen LogP contribution in [-0.4, -0.2) is 37.0 Å². The highest BCUT2D eigenvalue weighted by Gasteiger charge is 2.30. The molecule has 0 radical (unpaired) electrons. The van der Waals surface area contributed by atoms with Crippen LogP contribution in [0.4, 0.5) is 13.2 Å². The number of amides is 1. The molecular formula is C33H32F3NO5S. The second-order valence-electron chi connectivity index (χ2n) is 9.86. The summed E-state index contributed by atoms with van der Waals surface area (Å²) in [7, 11) is 1.30. The van der Waals surface area contributed by atoms with Crippen LogP contribution >= 0.6 is 11.8 Å². The maximum atomic E-state index is 13.4. The molecule has 6 nitrogen and oxygen atoms in total. The first kappa shape index (κ1) is 31.9. The van der Waals surface area contributed by atoms with Gasteiger partial charge in [0, 0.05) is 11.1 Å². The lowest BCUT2D eigenvalue weighted by Gasteiger charge is -2.19. The highest BCUT2D eigenvalue weighted by atomic mass is 32.2. The van der Waals surface area contributed by atoms with Gasteiger partial charge in [0.1, 0.15) is 24.2 Å². The predicted molar refractivity (Wildman–Crippen MR) is 161 cm³/mol. The molecular weight excluding hydrogens is 579 g/mol. The lowest BCUT2D eigenvalue weighted by molar-refractivity contribution is -0.143. The summed E-state index contributed by atoms with van der Waals surface area (Å²) in [6.07, 6.45) is -2.03. The molecule has 0 aliphatic heterocycles. The van der Waals surface area contributed by atoms with Gasteiger partial charge in [-0.25, -0.2) is 4.79 Å². The Labute approximate surface area is 252 Å². The molecule has 1 N–H and O–H groups in total. The van der Waals surface area contributed by atoms with Crippen LogP contribution in [0.2, 0.25) is 0 Å². The number of furan rings is 1. The molecule has 226 valence electrons. The highest BCUT2D eigenvalue weighted by Crippen LogP contribution is 2.32. The molecule has 0 aliphatic carbocycles. The molecule has 0 fully saturated rings. The number of halogens is 3. The number of aryl methyl sites for hydroxylation is 1. The van der Waals surface area contributed by atoms with Crippen molar-refractivity contribution in [2.75, 3.05) is 19.1 Å². The zero-order valence-electron chi connectivity index (χ0n) is 24.0. The van der Waals surface area contributed by atoms with Crippen molar-refractivity contribution >= 4 is 23.6 Å². The summed E-state index contributed by atoms with van der Waals surface area (Å²) < 4.78 is 55.2. The minimum absolute atomic E-state index is 0.138. The molecule has 1 atom stereocenters. The van der Waals surface area contributed by atoms with Crippen LogP contribution < -0.4 is 5.32 Å². The standard InChI is InChI=1S/C33H32F3NO5S/c1-21-6-4-5-7-26(21)28-18-22(8-14-27(28)31(38)37-29(16-17-43-3)32(39)40-2)19-41-20-25-13-15-30(42-25)23-9-11-24(12-10-23)33(34,35)36/h4-15,18,29H,16-17,19-20H2,1-3H3,(H,37,38). The lowest BCUT2D eigenvalue weighted by atomic mass is 9.93. The van der Waals surface area contributed by atoms with E-state index in [1.165, 1.54) is 19.2 Å². The molecule has 0 aliphatic rings. The van der Waals surface area contributed by atoms with Crippen molar-refractivity contribution in [3.05, 3.63) is 107 Å². The van der Waals surface area contributed by atoms with Gasteiger partial charge in [0.05, 0.1) is 19.3 Å². The van der Waals surface area contributed by atoms with Gasteiger partial charge in [0.25, 0.3) is 5.91 Å². The molecule has 1 heterocycles. The van der Waals surface area contributed by atoms with Crippen molar-refractivity contribution in [2.24, 2.45) is 0 Å². The van der Waals surface area contributed by atoms with Gasteiger partial charge < -0.3 is 19.2 Å². The molecule has 1 aromatic heterocycles. The van der Waals surface area contributed by atoms with E-state index in [0.29, 0.717) is 40.4 Å². The molecule has 0 saturated carbocycles. The second kappa shape index (κ2) is 14.4. The Morgan fingerprint density at radius 2 is 1.70 bits per heavy atom. The van der Waals surface area contributed by atoms with E-state index in [4.69, 9.17) is 13.9 Å². The summed E-state index contributed by atoms with van der Waals surface area (Å²) in [6.45, 7) is 2.31. The fraction of sp³-hybridized carbons (Fsp3) is 0.273. The summed E-state index contributed by atoms with van der Waals surface area (Å²) >= 11 is 1.57. The first-order valence-electron chi connectivity index (χ1n) is 13.5. The minimum Gasteiger partial charge on any atom is -0.467 e. The molecule has 0 saturated heterocycles. The van der Waals surface area contributed by atoms with Gasteiger partial charge in [-0.2, -0.15) is 24.9 Å². The largest absolute Gasteiger partial charge is 0.467 e. The van der Waals surface area contributed by atoms with E-state index < -0.39 is 23.8 Å². The molecule has 4 aromatic rings. The van der Waals surface area contributed by atoms with Crippen molar-refractivity contribution in [3.63, 3.8) is 0 Å². The number of benzene rings is 3. The van der Waals surface area contributed by atoms with Gasteiger partial charge in [-0.3, -0.25) is 4.79 Å². The monoisotopic (exact) mass is 611 g/mol. The van der Waals surface area contributed by atoms with Crippen LogP contribution in [0.15, 0.2) is 83.3 Å². The van der Waals surface area contributed by atoms with Gasteiger partial charge in [0.15, 0.2) is 0 Å². The Hall–Kier alpha value is -4.02. The zero-order valence-corrected chi connectivity index (χ0v) is 24.8. The number of hydrogen-bond donors (Lipinski definition) is 1. The third-order valence-electron chi connectivity index (χ3n) is 6.84. The summed E-state index contributed by atoms with van der Waals surface area (Å²) in [5, 5.41) is 2.83. The van der Waals surface area contributed by atoms with Crippen molar-refractivity contribution in [3.8, 4) is 22.5 Å². The quantitative estimate of drug-likeness (QED) is 0.166. The smallest absolute Gasteiger partial charge is 0.416 e. The molecule has 3 aromatic carbocycles. The van der Waals surface area contributed by atoms with E-state index in [2.05, 4.69) is 5.32 Å². The number of carbonyl (C=O) groups excluding carboxylic acids is 2. The van der Waals surface area contributed by atoms with Crippen LogP contribution in [-0.2, 0) is 33.7 Å². The van der Waals surface area contributed by atoms with Crippen LogP contribution in [0.3, 0.4) is 0 Å². The molecule has 43 heavy (non-hydrogen) atoms. The number of ether oxygens (including phenoxy) is 2. The van der Waals surface area contributed by atoms with E-state index in [9.17, 15) is 22.8 Å². The van der Waals surface area contributed by atoms with Gasteiger partial charge in [-0.1, -0.05) is 42.5 Å². The van der Waals surface area contributed by atoms with E-state index in [1.54, 1.807) is 36.0 Å². The normalized spacial score (nSPS) is 12.1. The van der Waals surface area contributed by atoms with E-state index in [-0.39, 0.29) is 19.1 Å². The average molecular weight is 612 g/mol. The van der Waals surface area contributed by atoms with Crippen molar-refractivity contribution in [1.82, 2.24) is 5.32 Å². The number of methoxy groups -OCH3 is 1. The summed E-state index contributed by atoms with van der Waals surface area (Å²) in [4.78, 5) is 25.7. The number of nitrogens with one attached hydrogen (secondary N) is 1. The Balaban J connectivity index is 1.49. The fourth-order valence-electron chi connectivity index (χ4n) is 4.54. The Kier molecular flexibility index (Phi) is 10.7. The highest BCUT2D eigenvalue weighted by molar-refractivity contribution is 7.98. The topological polar surface area (TPSA) is 77.8 Å². The van der Waals surface area contributed by atoms with Crippen LogP contribution in [0.5, 0.6) is 0 Å². The SMILES string of the molecule is COC(=O)C(CCSC)NC(=O)c1ccc(COCc2ccc(-c3ccc(C(F)(F)F)cc3)o2)cc1-c1ccccc1C. The fourth-order valence-corrected chi connectivity index (χ4v) is 5.02. The first-order chi connectivity index (χ1) is 20.6. The number of hydrogen-bond acceptors (Lipinski definition) is 6. The first-order valence-corrected chi connectivity index (χ1v) is 14.9. The number of rotatable bonds is 12. The molecule has 0 spiro atoms. The third-order valence-corrected chi connectivity index (χ3v) is 7.48. The van der Waals surface area contributed by atoms with Crippen molar-refractivity contribution < 1.29 is 36.7 Å². The Morgan fingerprint density at radius 3 is 2.37 bits per heavy atom. The maximum Gasteiger partial charge on any atom is 0.416 e. The van der Waals surface area contributed by atoms with Gasteiger partial charge in [0.2, 0.25) is 0 Å². The molecule has 4 rings (SSSR count). The third kappa shape index (κ3) is 8.30. The van der Waals surface area contributed by atoms with Crippen LogP contribution in [0, 0.1) is 6.92 Å². The predicted octanol–water partition coefficient (Wildman–Crippen LogP) is 7.68. The number of alkyl halides is 3. The number of thioether (sulfide) groups is 1. The molecule has 0 bridgehead atoms. The summed E-state index contributed by atoms with van der Waals surface area (Å²) in [5.74, 6) is 0.761. The van der Waals surface area contributed by atoms with Crippen molar-refractivity contribution in [1.29, 1.82) is 0 Å².